The smallest absolute Gasteiger partial charge is 0.191 e. The Morgan fingerprint density at radius 3 is 2.76 bits per heavy atom. The number of nitrogens with one attached hydrogen (secondary N) is 2. The first-order chi connectivity index (χ1) is 11.9. The number of anilines is 1. The summed E-state index contributed by atoms with van der Waals surface area (Å²) in [6, 6.07) is 8.43. The van der Waals surface area contributed by atoms with Crippen LogP contribution in [0.1, 0.15) is 25.8 Å². The van der Waals surface area contributed by atoms with E-state index < -0.39 is 9.84 Å². The second-order valence-corrected chi connectivity index (χ2v) is 8.65. The van der Waals surface area contributed by atoms with Crippen LogP contribution in [0.4, 0.5) is 5.69 Å². The first kappa shape index (κ1) is 19.6. The lowest BCUT2D eigenvalue weighted by atomic mass is 10.2. The van der Waals surface area contributed by atoms with Crippen LogP contribution in [0.5, 0.6) is 0 Å². The summed E-state index contributed by atoms with van der Waals surface area (Å²) >= 11 is 0. The van der Waals surface area contributed by atoms with E-state index in [1.54, 1.807) is 0 Å². The number of aliphatic imine (C=N–C) groups is 1. The number of benzene rings is 1. The number of sulfone groups is 1. The Morgan fingerprint density at radius 1 is 1.36 bits per heavy atom. The Hall–Kier alpha value is -1.76. The van der Waals surface area contributed by atoms with Crippen LogP contribution in [0.25, 0.3) is 0 Å². The van der Waals surface area contributed by atoms with E-state index >= 15 is 0 Å². The number of guanidine groups is 1. The molecule has 6 nitrogen and oxygen atoms in total. The Bertz CT molecular complexity index is 688. The van der Waals surface area contributed by atoms with E-state index in [1.165, 1.54) is 11.3 Å². The summed E-state index contributed by atoms with van der Waals surface area (Å²) in [6.45, 7) is 9.38. The molecule has 2 rings (SSSR count). The maximum Gasteiger partial charge on any atom is 0.191 e. The second-order valence-electron chi connectivity index (χ2n) is 6.42. The van der Waals surface area contributed by atoms with Crippen molar-refractivity contribution in [3.8, 4) is 0 Å². The van der Waals surface area contributed by atoms with Crippen molar-refractivity contribution in [3.05, 3.63) is 29.8 Å². The number of hydrogen-bond acceptors (Lipinski definition) is 4. The van der Waals surface area contributed by atoms with Gasteiger partial charge in [-0.3, -0.25) is 4.99 Å². The molecule has 1 aliphatic heterocycles. The van der Waals surface area contributed by atoms with Gasteiger partial charge in [0.05, 0.1) is 18.1 Å². The molecule has 1 aromatic rings. The van der Waals surface area contributed by atoms with Crippen molar-refractivity contribution < 1.29 is 8.42 Å². The molecule has 1 aliphatic rings. The number of rotatable bonds is 7. The largest absolute Gasteiger partial charge is 0.370 e. The standard InChI is InChI=1S/C18H30N4O2S/c1-4-19-18(21-16-9-12-25(23,24)14-16)20-10-11-22(5-2)17-8-6-7-15(3)13-17/h6-8,13,16H,4-5,9-12,14H2,1-3H3,(H2,19,20,21). The van der Waals surface area contributed by atoms with E-state index in [1.807, 2.05) is 6.92 Å². The van der Waals surface area contributed by atoms with E-state index in [0.29, 0.717) is 18.9 Å². The normalized spacial score (nSPS) is 19.6. The van der Waals surface area contributed by atoms with Crippen molar-refractivity contribution >= 4 is 21.5 Å². The van der Waals surface area contributed by atoms with Crippen LogP contribution >= 0.6 is 0 Å². The zero-order valence-electron chi connectivity index (χ0n) is 15.5. The number of aryl methyl sites for hydroxylation is 1. The minimum absolute atomic E-state index is 0.0400. The quantitative estimate of drug-likeness (QED) is 0.566. The molecular weight excluding hydrogens is 336 g/mol. The SMILES string of the molecule is CCNC(=NCCN(CC)c1cccc(C)c1)NC1CCS(=O)(=O)C1. The van der Waals surface area contributed by atoms with Crippen LogP contribution in [0, 0.1) is 6.92 Å². The minimum atomic E-state index is -2.89. The number of hydrogen-bond donors (Lipinski definition) is 2. The number of likely N-dealkylation sites (N-methyl/N-ethyl adjacent to an activating group) is 1. The molecule has 0 aromatic heterocycles. The molecule has 0 radical (unpaired) electrons. The van der Waals surface area contributed by atoms with Gasteiger partial charge in [0, 0.05) is 31.4 Å². The van der Waals surface area contributed by atoms with Crippen LogP contribution in [-0.4, -0.2) is 58.1 Å². The van der Waals surface area contributed by atoms with Crippen molar-refractivity contribution in [1.29, 1.82) is 0 Å². The lowest BCUT2D eigenvalue weighted by molar-refractivity contribution is 0.599. The van der Waals surface area contributed by atoms with Gasteiger partial charge >= 0.3 is 0 Å². The van der Waals surface area contributed by atoms with E-state index in [2.05, 4.69) is 58.6 Å². The fraction of sp³-hybridized carbons (Fsp3) is 0.611. The summed E-state index contributed by atoms with van der Waals surface area (Å²) in [6.07, 6.45) is 0.650. The predicted molar refractivity (Wildman–Crippen MR) is 105 cm³/mol. The van der Waals surface area contributed by atoms with Gasteiger partial charge in [0.2, 0.25) is 0 Å². The van der Waals surface area contributed by atoms with Gasteiger partial charge in [-0.2, -0.15) is 0 Å². The maximum absolute atomic E-state index is 11.6. The van der Waals surface area contributed by atoms with Gasteiger partial charge in [0.15, 0.2) is 15.8 Å². The zero-order chi connectivity index (χ0) is 18.3. The topological polar surface area (TPSA) is 73.8 Å². The van der Waals surface area contributed by atoms with Crippen molar-refractivity contribution in [2.24, 2.45) is 4.99 Å². The lowest BCUT2D eigenvalue weighted by Gasteiger charge is -2.23. The van der Waals surface area contributed by atoms with Gasteiger partial charge in [0.1, 0.15) is 0 Å². The molecule has 7 heteroatoms. The van der Waals surface area contributed by atoms with Crippen molar-refractivity contribution in [2.45, 2.75) is 33.2 Å². The van der Waals surface area contributed by atoms with E-state index in [4.69, 9.17) is 0 Å². The zero-order valence-corrected chi connectivity index (χ0v) is 16.3. The second kappa shape index (κ2) is 9.08. The molecule has 1 heterocycles. The Kier molecular flexibility index (Phi) is 7.11. The van der Waals surface area contributed by atoms with Crippen LogP contribution < -0.4 is 15.5 Å². The molecule has 0 spiro atoms. The Morgan fingerprint density at radius 2 is 2.16 bits per heavy atom. The van der Waals surface area contributed by atoms with Crippen molar-refractivity contribution in [1.82, 2.24) is 10.6 Å². The van der Waals surface area contributed by atoms with Gasteiger partial charge in [0.25, 0.3) is 0 Å². The summed E-state index contributed by atoms with van der Waals surface area (Å²) in [7, 11) is -2.89. The van der Waals surface area contributed by atoms with Crippen molar-refractivity contribution in [2.75, 3.05) is 42.6 Å². The fourth-order valence-corrected chi connectivity index (χ4v) is 4.67. The highest BCUT2D eigenvalue weighted by atomic mass is 32.2. The molecular formula is C18H30N4O2S. The van der Waals surface area contributed by atoms with Crippen LogP contribution in [0.3, 0.4) is 0 Å². The third kappa shape index (κ3) is 6.23. The molecule has 1 unspecified atom stereocenters. The average Bonchev–Trinajstić information content (AvgIpc) is 2.90. The predicted octanol–water partition coefficient (Wildman–Crippen LogP) is 1.56. The molecule has 1 fully saturated rings. The molecule has 1 saturated heterocycles. The first-order valence-electron chi connectivity index (χ1n) is 9.00. The number of nitrogens with zero attached hydrogens (tertiary/aromatic N) is 2. The highest BCUT2D eigenvalue weighted by Gasteiger charge is 2.28. The van der Waals surface area contributed by atoms with Gasteiger partial charge in [-0.15, -0.1) is 0 Å². The van der Waals surface area contributed by atoms with Crippen LogP contribution in [0.15, 0.2) is 29.3 Å². The van der Waals surface area contributed by atoms with Gasteiger partial charge in [-0.05, 0) is 44.9 Å². The third-order valence-corrected chi connectivity index (χ3v) is 6.07. The summed E-state index contributed by atoms with van der Waals surface area (Å²) in [4.78, 5) is 6.91. The van der Waals surface area contributed by atoms with Crippen LogP contribution in [-0.2, 0) is 9.84 Å². The van der Waals surface area contributed by atoms with E-state index in [-0.39, 0.29) is 17.5 Å². The molecule has 140 valence electrons. The summed E-state index contributed by atoms with van der Waals surface area (Å²) in [5, 5.41) is 6.46. The summed E-state index contributed by atoms with van der Waals surface area (Å²) in [5.41, 5.74) is 2.45. The van der Waals surface area contributed by atoms with E-state index in [9.17, 15) is 8.42 Å². The van der Waals surface area contributed by atoms with Gasteiger partial charge in [-0.25, -0.2) is 8.42 Å². The van der Waals surface area contributed by atoms with E-state index in [0.717, 1.165) is 19.6 Å². The molecule has 1 aromatic carbocycles. The average molecular weight is 367 g/mol. The summed E-state index contributed by atoms with van der Waals surface area (Å²) in [5.74, 6) is 1.16. The third-order valence-electron chi connectivity index (χ3n) is 4.31. The monoisotopic (exact) mass is 366 g/mol. The Balaban J connectivity index is 1.93. The van der Waals surface area contributed by atoms with Gasteiger partial charge in [-0.1, -0.05) is 12.1 Å². The van der Waals surface area contributed by atoms with Crippen molar-refractivity contribution in [3.63, 3.8) is 0 Å². The maximum atomic E-state index is 11.6. The first-order valence-corrected chi connectivity index (χ1v) is 10.8. The molecule has 0 aliphatic carbocycles. The molecule has 0 amide bonds. The lowest BCUT2D eigenvalue weighted by Crippen LogP contribution is -2.44. The molecule has 25 heavy (non-hydrogen) atoms. The minimum Gasteiger partial charge on any atom is -0.370 e. The molecule has 2 N–H and O–H groups in total. The highest BCUT2D eigenvalue weighted by molar-refractivity contribution is 7.91. The molecule has 0 bridgehead atoms. The summed E-state index contributed by atoms with van der Waals surface area (Å²) < 4.78 is 23.2. The fourth-order valence-electron chi connectivity index (χ4n) is 3.00. The molecule has 0 saturated carbocycles. The van der Waals surface area contributed by atoms with Crippen LogP contribution in [0.2, 0.25) is 0 Å². The highest BCUT2D eigenvalue weighted by Crippen LogP contribution is 2.15. The molecule has 1 atom stereocenters. The Labute approximate surface area is 151 Å². The van der Waals surface area contributed by atoms with Gasteiger partial charge < -0.3 is 15.5 Å².